The molecule has 6 heteroatoms. The summed E-state index contributed by atoms with van der Waals surface area (Å²) < 4.78 is 1.03. The Hall–Kier alpha value is -0.720. The first-order valence-corrected chi connectivity index (χ1v) is 8.38. The quantitative estimate of drug-likeness (QED) is 0.710. The van der Waals surface area contributed by atoms with Gasteiger partial charge >= 0.3 is 0 Å². The fourth-order valence-electron chi connectivity index (χ4n) is 2.02. The number of aromatic nitrogens is 1. The Balaban J connectivity index is 1.90. The van der Waals surface area contributed by atoms with Gasteiger partial charge in [0.25, 0.3) is 0 Å². The third kappa shape index (κ3) is 2.75. The van der Waals surface area contributed by atoms with Crippen LogP contribution in [0.4, 0.5) is 5.13 Å². The van der Waals surface area contributed by atoms with Gasteiger partial charge in [-0.05, 0) is 12.1 Å². The van der Waals surface area contributed by atoms with Crippen molar-refractivity contribution < 1.29 is 4.79 Å². The van der Waals surface area contributed by atoms with E-state index in [1.807, 2.05) is 29.6 Å². The van der Waals surface area contributed by atoms with Gasteiger partial charge < -0.3 is 0 Å². The van der Waals surface area contributed by atoms with E-state index < -0.39 is 0 Å². The fraction of sp³-hybridized carbons (Fsp3) is 0.231. The molecule has 19 heavy (non-hydrogen) atoms. The number of hydrogen-bond acceptors (Lipinski definition) is 3. The molecule has 1 amide bonds. The SMILES string of the molecule is O=C1CC(Br)CN1c1nc(-c2cccc(Br)c2)cs1. The lowest BCUT2D eigenvalue weighted by Crippen LogP contribution is -2.24. The minimum absolute atomic E-state index is 0.136. The maximum atomic E-state index is 11.8. The molecule has 0 radical (unpaired) electrons. The number of carbonyl (C=O) groups excluding carboxylic acids is 1. The third-order valence-electron chi connectivity index (χ3n) is 2.92. The van der Waals surface area contributed by atoms with Crippen LogP contribution in [-0.2, 0) is 4.79 Å². The first-order chi connectivity index (χ1) is 9.13. The highest BCUT2D eigenvalue weighted by molar-refractivity contribution is 9.10. The second kappa shape index (κ2) is 5.34. The molecule has 0 saturated carbocycles. The highest BCUT2D eigenvalue weighted by Crippen LogP contribution is 2.32. The Labute approximate surface area is 131 Å². The molecule has 0 aliphatic carbocycles. The molecular weight excluding hydrogens is 392 g/mol. The van der Waals surface area contributed by atoms with Gasteiger partial charge in [0.05, 0.1) is 5.69 Å². The molecular formula is C13H10Br2N2OS. The first-order valence-electron chi connectivity index (χ1n) is 5.79. The van der Waals surface area contributed by atoms with Crippen molar-refractivity contribution in [1.29, 1.82) is 0 Å². The Bertz CT molecular complexity index is 629. The standard InChI is InChI=1S/C13H10Br2N2OS/c14-9-3-1-2-8(4-9)11-7-19-13(16-11)17-6-10(15)5-12(17)18/h1-4,7,10H,5-6H2. The largest absolute Gasteiger partial charge is 0.287 e. The molecule has 98 valence electrons. The lowest BCUT2D eigenvalue weighted by atomic mass is 10.2. The second-order valence-electron chi connectivity index (χ2n) is 4.33. The minimum Gasteiger partial charge on any atom is -0.287 e. The number of alkyl halides is 1. The number of benzene rings is 1. The van der Waals surface area contributed by atoms with Gasteiger partial charge in [0, 0.05) is 33.2 Å². The highest BCUT2D eigenvalue weighted by Gasteiger charge is 2.30. The molecule has 1 aliphatic rings. The summed E-state index contributed by atoms with van der Waals surface area (Å²) in [5.74, 6) is 0.136. The van der Waals surface area contributed by atoms with Crippen molar-refractivity contribution in [1.82, 2.24) is 4.98 Å². The van der Waals surface area contributed by atoms with Crippen molar-refractivity contribution in [2.24, 2.45) is 0 Å². The van der Waals surface area contributed by atoms with Gasteiger partial charge in [-0.3, -0.25) is 9.69 Å². The van der Waals surface area contributed by atoms with Gasteiger partial charge in [0.1, 0.15) is 0 Å². The van der Waals surface area contributed by atoms with Crippen molar-refractivity contribution in [3.05, 3.63) is 34.1 Å². The van der Waals surface area contributed by atoms with Crippen LogP contribution < -0.4 is 4.90 Å². The molecule has 0 bridgehead atoms. The lowest BCUT2D eigenvalue weighted by molar-refractivity contribution is -0.117. The Morgan fingerprint density at radius 2 is 2.26 bits per heavy atom. The van der Waals surface area contributed by atoms with Gasteiger partial charge in [-0.1, -0.05) is 44.0 Å². The molecule has 2 heterocycles. The van der Waals surface area contributed by atoms with Crippen molar-refractivity contribution >= 4 is 54.2 Å². The zero-order valence-electron chi connectivity index (χ0n) is 9.85. The van der Waals surface area contributed by atoms with Crippen LogP contribution in [0.1, 0.15) is 6.42 Å². The summed E-state index contributed by atoms with van der Waals surface area (Å²) >= 11 is 8.45. The molecule has 0 N–H and O–H groups in total. The van der Waals surface area contributed by atoms with E-state index >= 15 is 0 Å². The average molecular weight is 402 g/mol. The topological polar surface area (TPSA) is 33.2 Å². The van der Waals surface area contributed by atoms with E-state index in [4.69, 9.17) is 0 Å². The summed E-state index contributed by atoms with van der Waals surface area (Å²) in [6.45, 7) is 0.699. The summed E-state index contributed by atoms with van der Waals surface area (Å²) in [6, 6.07) is 8.00. The van der Waals surface area contributed by atoms with Crippen LogP contribution in [0.3, 0.4) is 0 Å². The monoisotopic (exact) mass is 400 g/mol. The second-order valence-corrected chi connectivity index (χ2v) is 7.38. The minimum atomic E-state index is 0.136. The molecule has 1 atom stereocenters. The molecule has 3 nitrogen and oxygen atoms in total. The van der Waals surface area contributed by atoms with E-state index in [1.54, 1.807) is 4.90 Å². The van der Waals surface area contributed by atoms with Crippen molar-refractivity contribution in [2.45, 2.75) is 11.2 Å². The van der Waals surface area contributed by atoms with Gasteiger partial charge in [-0.25, -0.2) is 4.98 Å². The normalized spacial score (nSPS) is 19.2. The molecule has 1 aromatic heterocycles. The van der Waals surface area contributed by atoms with Gasteiger partial charge in [-0.2, -0.15) is 0 Å². The molecule has 1 aromatic carbocycles. The Morgan fingerprint density at radius 3 is 2.95 bits per heavy atom. The van der Waals surface area contributed by atoms with Gasteiger partial charge in [-0.15, -0.1) is 11.3 Å². The van der Waals surface area contributed by atoms with E-state index in [0.29, 0.717) is 13.0 Å². The van der Waals surface area contributed by atoms with Crippen LogP contribution in [0.15, 0.2) is 34.1 Å². The zero-order chi connectivity index (χ0) is 13.4. The molecule has 3 rings (SSSR count). The Kier molecular flexibility index (Phi) is 3.73. The number of nitrogens with zero attached hydrogens (tertiary/aromatic N) is 2. The van der Waals surface area contributed by atoms with E-state index in [-0.39, 0.29) is 10.7 Å². The van der Waals surface area contributed by atoms with E-state index in [1.165, 1.54) is 11.3 Å². The number of halogens is 2. The van der Waals surface area contributed by atoms with Crippen LogP contribution >= 0.6 is 43.2 Å². The van der Waals surface area contributed by atoms with E-state index in [2.05, 4.69) is 36.8 Å². The number of carbonyl (C=O) groups is 1. The van der Waals surface area contributed by atoms with Crippen molar-refractivity contribution in [3.8, 4) is 11.3 Å². The number of hydrogen-bond donors (Lipinski definition) is 0. The molecule has 1 saturated heterocycles. The summed E-state index contributed by atoms with van der Waals surface area (Å²) in [5.41, 5.74) is 1.96. The molecule has 2 aromatic rings. The lowest BCUT2D eigenvalue weighted by Gasteiger charge is -2.10. The van der Waals surface area contributed by atoms with Crippen LogP contribution in [0, 0.1) is 0 Å². The number of amides is 1. The zero-order valence-corrected chi connectivity index (χ0v) is 13.8. The van der Waals surface area contributed by atoms with Crippen LogP contribution in [0.2, 0.25) is 0 Å². The fourth-order valence-corrected chi connectivity index (χ4v) is 3.84. The number of rotatable bonds is 2. The van der Waals surface area contributed by atoms with Crippen molar-refractivity contribution in [3.63, 3.8) is 0 Å². The van der Waals surface area contributed by atoms with Crippen LogP contribution in [0.25, 0.3) is 11.3 Å². The molecule has 1 aliphatic heterocycles. The third-order valence-corrected chi connectivity index (χ3v) is 4.89. The summed E-state index contributed by atoms with van der Waals surface area (Å²) in [7, 11) is 0. The van der Waals surface area contributed by atoms with E-state index in [0.717, 1.165) is 20.9 Å². The molecule has 1 fully saturated rings. The van der Waals surface area contributed by atoms with Gasteiger partial charge in [0.2, 0.25) is 5.91 Å². The van der Waals surface area contributed by atoms with E-state index in [9.17, 15) is 4.79 Å². The van der Waals surface area contributed by atoms with Gasteiger partial charge in [0.15, 0.2) is 5.13 Å². The predicted octanol–water partition coefficient (Wildman–Crippen LogP) is 4.07. The summed E-state index contributed by atoms with van der Waals surface area (Å²) in [6.07, 6.45) is 0.547. The first kappa shape index (κ1) is 13.3. The predicted molar refractivity (Wildman–Crippen MR) is 84.9 cm³/mol. The number of anilines is 1. The van der Waals surface area contributed by atoms with Crippen LogP contribution in [0.5, 0.6) is 0 Å². The highest BCUT2D eigenvalue weighted by atomic mass is 79.9. The molecule has 1 unspecified atom stereocenters. The van der Waals surface area contributed by atoms with Crippen LogP contribution in [-0.4, -0.2) is 22.3 Å². The summed E-state index contributed by atoms with van der Waals surface area (Å²) in [5, 5.41) is 2.77. The maximum absolute atomic E-state index is 11.8. The number of thiazole rings is 1. The van der Waals surface area contributed by atoms with Crippen molar-refractivity contribution in [2.75, 3.05) is 11.4 Å². The smallest absolute Gasteiger partial charge is 0.230 e. The maximum Gasteiger partial charge on any atom is 0.230 e. The molecule has 0 spiro atoms. The summed E-state index contributed by atoms with van der Waals surface area (Å²) in [4.78, 5) is 18.4. The Morgan fingerprint density at radius 1 is 1.42 bits per heavy atom. The average Bonchev–Trinajstić information content (AvgIpc) is 2.96.